The van der Waals surface area contributed by atoms with E-state index in [0.717, 1.165) is 12.1 Å². The fourth-order valence-electron chi connectivity index (χ4n) is 1.91. The molecule has 22 heavy (non-hydrogen) atoms. The summed E-state index contributed by atoms with van der Waals surface area (Å²) in [5, 5.41) is 14.7. The molecule has 0 spiro atoms. The summed E-state index contributed by atoms with van der Waals surface area (Å²) in [5.41, 5.74) is 0.833. The minimum absolute atomic E-state index is 0.0145. The third-order valence-electron chi connectivity index (χ3n) is 3.15. The highest BCUT2D eigenvalue weighted by Crippen LogP contribution is 2.13. The highest BCUT2D eigenvalue weighted by atomic mass is 16.3. The zero-order valence-corrected chi connectivity index (χ0v) is 13.2. The molecule has 6 nitrogen and oxygen atoms in total. The van der Waals surface area contributed by atoms with Gasteiger partial charge in [-0.3, -0.25) is 10.1 Å². The van der Waals surface area contributed by atoms with Crippen LogP contribution in [0.1, 0.15) is 26.7 Å². The number of carbonyl (C=O) groups is 2. The maximum absolute atomic E-state index is 12.0. The van der Waals surface area contributed by atoms with E-state index in [1.54, 1.807) is 4.90 Å². The molecule has 0 radical (unpaired) electrons. The van der Waals surface area contributed by atoms with Gasteiger partial charge in [0.1, 0.15) is 0 Å². The Hall–Kier alpha value is -2.08. The van der Waals surface area contributed by atoms with Crippen molar-refractivity contribution < 1.29 is 14.7 Å². The number of nitrogens with one attached hydrogen (secondary N) is 2. The van der Waals surface area contributed by atoms with Crippen LogP contribution in [0, 0.1) is 0 Å². The van der Waals surface area contributed by atoms with Crippen molar-refractivity contribution in [3.8, 4) is 0 Å². The van der Waals surface area contributed by atoms with Crippen LogP contribution in [-0.2, 0) is 4.79 Å². The van der Waals surface area contributed by atoms with Crippen LogP contribution in [0.25, 0.3) is 0 Å². The minimum Gasteiger partial charge on any atom is -0.391 e. The van der Waals surface area contributed by atoms with Crippen LogP contribution in [0.15, 0.2) is 30.3 Å². The molecular formula is C16H25N3O3. The van der Waals surface area contributed by atoms with Crippen molar-refractivity contribution in [3.63, 3.8) is 0 Å². The number of nitrogens with zero attached hydrogens (tertiary/aromatic N) is 1. The van der Waals surface area contributed by atoms with Crippen molar-refractivity contribution in [1.82, 2.24) is 10.6 Å². The third kappa shape index (κ3) is 6.58. The van der Waals surface area contributed by atoms with Crippen LogP contribution in [0.2, 0.25) is 0 Å². The molecule has 3 amide bonds. The number of benzene rings is 1. The summed E-state index contributed by atoms with van der Waals surface area (Å²) in [7, 11) is 0. The van der Waals surface area contributed by atoms with Gasteiger partial charge in [0, 0.05) is 18.8 Å². The Morgan fingerprint density at radius 2 is 1.91 bits per heavy atom. The van der Waals surface area contributed by atoms with E-state index in [0.29, 0.717) is 19.5 Å². The van der Waals surface area contributed by atoms with E-state index in [1.165, 1.54) is 0 Å². The third-order valence-corrected chi connectivity index (χ3v) is 3.15. The van der Waals surface area contributed by atoms with Gasteiger partial charge in [-0.05, 0) is 25.0 Å². The van der Waals surface area contributed by atoms with E-state index in [4.69, 9.17) is 0 Å². The highest BCUT2D eigenvalue weighted by molar-refractivity contribution is 5.96. The van der Waals surface area contributed by atoms with Crippen molar-refractivity contribution in [2.24, 2.45) is 0 Å². The standard InChI is InChI=1S/C16H25N3O3/c1-3-10-17-16(22)18-15(21)12-19(11-14(20)4-2)13-8-6-5-7-9-13/h5-9,14,20H,3-4,10-12H2,1-2H3,(H2,17,18,21,22)/t14-/m1/s1. The Balaban J connectivity index is 2.64. The molecule has 0 saturated heterocycles. The lowest BCUT2D eigenvalue weighted by Gasteiger charge is -2.26. The Kier molecular flexibility index (Phi) is 7.99. The lowest BCUT2D eigenvalue weighted by atomic mass is 10.2. The second kappa shape index (κ2) is 9.78. The largest absolute Gasteiger partial charge is 0.391 e. The summed E-state index contributed by atoms with van der Waals surface area (Å²) in [6.07, 6.45) is 0.879. The lowest BCUT2D eigenvalue weighted by molar-refractivity contribution is -0.118. The zero-order valence-electron chi connectivity index (χ0n) is 13.2. The lowest BCUT2D eigenvalue weighted by Crippen LogP contribution is -2.46. The quantitative estimate of drug-likeness (QED) is 0.680. The van der Waals surface area contributed by atoms with Gasteiger partial charge in [0.15, 0.2) is 0 Å². The number of hydrogen-bond donors (Lipinski definition) is 3. The van der Waals surface area contributed by atoms with Gasteiger partial charge in [0.2, 0.25) is 5.91 Å². The monoisotopic (exact) mass is 307 g/mol. The molecule has 122 valence electrons. The summed E-state index contributed by atoms with van der Waals surface area (Å²) in [6, 6.07) is 8.87. The molecule has 0 fully saturated rings. The van der Waals surface area contributed by atoms with Gasteiger partial charge in [0.05, 0.1) is 12.6 Å². The molecule has 0 unspecified atom stereocenters. The second-order valence-corrected chi connectivity index (χ2v) is 5.08. The summed E-state index contributed by atoms with van der Waals surface area (Å²) >= 11 is 0. The Bertz CT molecular complexity index is 465. The fraction of sp³-hybridized carbons (Fsp3) is 0.500. The van der Waals surface area contributed by atoms with Crippen LogP contribution in [0.3, 0.4) is 0 Å². The van der Waals surface area contributed by atoms with E-state index in [-0.39, 0.29) is 6.54 Å². The van der Waals surface area contributed by atoms with Gasteiger partial charge in [-0.2, -0.15) is 0 Å². The molecule has 1 aromatic carbocycles. The van der Waals surface area contributed by atoms with Crippen LogP contribution in [-0.4, -0.2) is 42.8 Å². The number of hydrogen-bond acceptors (Lipinski definition) is 4. The van der Waals surface area contributed by atoms with Crippen LogP contribution in [0.5, 0.6) is 0 Å². The van der Waals surface area contributed by atoms with E-state index in [2.05, 4.69) is 10.6 Å². The predicted octanol–water partition coefficient (Wildman–Crippen LogP) is 1.50. The Labute approximate surface area is 131 Å². The average molecular weight is 307 g/mol. The Morgan fingerprint density at radius 1 is 1.23 bits per heavy atom. The van der Waals surface area contributed by atoms with E-state index in [1.807, 2.05) is 44.2 Å². The maximum atomic E-state index is 12.0. The number of rotatable bonds is 8. The molecule has 1 rings (SSSR count). The Morgan fingerprint density at radius 3 is 2.50 bits per heavy atom. The van der Waals surface area contributed by atoms with Crippen molar-refractivity contribution in [1.29, 1.82) is 0 Å². The number of carbonyl (C=O) groups excluding carboxylic acids is 2. The molecule has 3 N–H and O–H groups in total. The molecule has 0 heterocycles. The van der Waals surface area contributed by atoms with Crippen molar-refractivity contribution >= 4 is 17.6 Å². The van der Waals surface area contributed by atoms with E-state index >= 15 is 0 Å². The molecule has 0 aromatic heterocycles. The molecule has 1 aromatic rings. The van der Waals surface area contributed by atoms with Gasteiger partial charge in [-0.15, -0.1) is 0 Å². The van der Waals surface area contributed by atoms with Gasteiger partial charge in [-0.25, -0.2) is 4.79 Å². The first kappa shape index (κ1) is 18.0. The van der Waals surface area contributed by atoms with Crippen molar-refractivity contribution in [2.45, 2.75) is 32.8 Å². The van der Waals surface area contributed by atoms with E-state index in [9.17, 15) is 14.7 Å². The van der Waals surface area contributed by atoms with Crippen molar-refractivity contribution in [3.05, 3.63) is 30.3 Å². The number of amides is 3. The number of para-hydroxylation sites is 1. The molecule has 6 heteroatoms. The van der Waals surface area contributed by atoms with E-state index < -0.39 is 18.0 Å². The molecular weight excluding hydrogens is 282 g/mol. The first-order valence-electron chi connectivity index (χ1n) is 7.62. The van der Waals surface area contributed by atoms with Gasteiger partial charge in [-0.1, -0.05) is 32.0 Å². The molecule has 0 bridgehead atoms. The maximum Gasteiger partial charge on any atom is 0.321 e. The van der Waals surface area contributed by atoms with Gasteiger partial charge < -0.3 is 15.3 Å². The fourth-order valence-corrected chi connectivity index (χ4v) is 1.91. The van der Waals surface area contributed by atoms with Crippen LogP contribution in [0.4, 0.5) is 10.5 Å². The van der Waals surface area contributed by atoms with Crippen LogP contribution >= 0.6 is 0 Å². The number of aliphatic hydroxyl groups is 1. The first-order chi connectivity index (χ1) is 10.6. The number of anilines is 1. The summed E-state index contributed by atoms with van der Waals surface area (Å²) < 4.78 is 0. The normalized spacial score (nSPS) is 11.6. The predicted molar refractivity (Wildman–Crippen MR) is 86.8 cm³/mol. The molecule has 0 saturated carbocycles. The average Bonchev–Trinajstić information content (AvgIpc) is 2.52. The van der Waals surface area contributed by atoms with Crippen LogP contribution < -0.4 is 15.5 Å². The van der Waals surface area contributed by atoms with Gasteiger partial charge >= 0.3 is 6.03 Å². The first-order valence-corrected chi connectivity index (χ1v) is 7.62. The molecule has 0 aliphatic heterocycles. The summed E-state index contributed by atoms with van der Waals surface area (Å²) in [4.78, 5) is 25.2. The minimum atomic E-state index is -0.526. The summed E-state index contributed by atoms with van der Waals surface area (Å²) in [5.74, 6) is -0.402. The number of aliphatic hydroxyl groups excluding tert-OH is 1. The highest BCUT2D eigenvalue weighted by Gasteiger charge is 2.16. The number of imide groups is 1. The van der Waals surface area contributed by atoms with Gasteiger partial charge in [0.25, 0.3) is 0 Å². The smallest absolute Gasteiger partial charge is 0.321 e. The molecule has 0 aliphatic rings. The topological polar surface area (TPSA) is 81.7 Å². The van der Waals surface area contributed by atoms with Crippen molar-refractivity contribution in [2.75, 3.05) is 24.5 Å². The second-order valence-electron chi connectivity index (χ2n) is 5.08. The SMILES string of the molecule is CCCNC(=O)NC(=O)CN(C[C@H](O)CC)c1ccccc1. The summed E-state index contributed by atoms with van der Waals surface area (Å²) in [6.45, 7) is 4.69. The molecule has 0 aliphatic carbocycles. The number of urea groups is 1. The zero-order chi connectivity index (χ0) is 16.4. The molecule has 1 atom stereocenters.